The second kappa shape index (κ2) is 5.18. The molecular weight excluding hydrogens is 211 g/mol. The third kappa shape index (κ3) is 4.85. The molecule has 86 valence electrons. The Morgan fingerprint density at radius 1 is 1.40 bits per heavy atom. The van der Waals surface area contributed by atoms with Crippen LogP contribution >= 0.6 is 0 Å². The molecule has 0 aliphatic rings. The lowest BCUT2D eigenvalue weighted by molar-refractivity contribution is -0.148. The van der Waals surface area contributed by atoms with Gasteiger partial charge >= 0.3 is 6.18 Å². The van der Waals surface area contributed by atoms with Gasteiger partial charge in [0.25, 0.3) is 0 Å². The quantitative estimate of drug-likeness (QED) is 0.824. The Kier molecular flexibility index (Phi) is 4.16. The van der Waals surface area contributed by atoms with Crippen LogP contribution in [0.3, 0.4) is 0 Å². The normalized spacial score (nSPS) is 12.3. The minimum Gasteiger partial charge on any atom is -0.468 e. The summed E-state index contributed by atoms with van der Waals surface area (Å²) in [5.41, 5.74) is 0. The molecule has 0 aliphatic carbocycles. The molecule has 0 amide bonds. The molecule has 3 nitrogen and oxygen atoms in total. The van der Waals surface area contributed by atoms with Crippen molar-refractivity contribution >= 4 is 0 Å². The highest BCUT2D eigenvalue weighted by Crippen LogP contribution is 2.17. The van der Waals surface area contributed by atoms with Crippen molar-refractivity contribution in [3.63, 3.8) is 0 Å². The summed E-state index contributed by atoms with van der Waals surface area (Å²) < 4.78 is 41.2. The van der Waals surface area contributed by atoms with Crippen LogP contribution in [0.15, 0.2) is 22.8 Å². The number of furan rings is 1. The van der Waals surface area contributed by atoms with Gasteiger partial charge in [-0.15, -0.1) is 0 Å². The number of alkyl halides is 3. The zero-order chi connectivity index (χ0) is 11.3. The van der Waals surface area contributed by atoms with Crippen LogP contribution in [0, 0.1) is 0 Å². The van der Waals surface area contributed by atoms with Gasteiger partial charge in [-0.3, -0.25) is 4.90 Å². The van der Waals surface area contributed by atoms with Crippen LogP contribution < -0.4 is 0 Å². The molecule has 1 aromatic heterocycles. The summed E-state index contributed by atoms with van der Waals surface area (Å²) in [7, 11) is 0. The summed E-state index contributed by atoms with van der Waals surface area (Å²) >= 11 is 0. The SMILES string of the molecule is OCCN(Cc1ccco1)CC(F)(F)F. The van der Waals surface area contributed by atoms with E-state index < -0.39 is 12.7 Å². The number of hydrogen-bond donors (Lipinski definition) is 1. The monoisotopic (exact) mass is 223 g/mol. The second-order valence-electron chi connectivity index (χ2n) is 3.13. The van der Waals surface area contributed by atoms with Gasteiger partial charge in [-0.25, -0.2) is 0 Å². The Morgan fingerprint density at radius 3 is 2.60 bits per heavy atom. The van der Waals surface area contributed by atoms with E-state index in [0.717, 1.165) is 4.90 Å². The molecule has 1 N–H and O–H groups in total. The van der Waals surface area contributed by atoms with Gasteiger partial charge in [-0.2, -0.15) is 13.2 Å². The van der Waals surface area contributed by atoms with Crippen molar-refractivity contribution in [2.45, 2.75) is 12.7 Å². The van der Waals surface area contributed by atoms with Gasteiger partial charge in [-0.1, -0.05) is 0 Å². The molecule has 0 aliphatic heterocycles. The summed E-state index contributed by atoms with van der Waals surface area (Å²) in [6, 6.07) is 3.21. The molecule has 6 heteroatoms. The Morgan fingerprint density at radius 2 is 2.13 bits per heavy atom. The van der Waals surface area contributed by atoms with E-state index in [-0.39, 0.29) is 19.7 Å². The van der Waals surface area contributed by atoms with Gasteiger partial charge in [0.15, 0.2) is 0 Å². The van der Waals surface area contributed by atoms with Gasteiger partial charge in [0.1, 0.15) is 5.76 Å². The smallest absolute Gasteiger partial charge is 0.401 e. The molecule has 0 atom stereocenters. The largest absolute Gasteiger partial charge is 0.468 e. The summed E-state index contributed by atoms with van der Waals surface area (Å²) in [6.45, 7) is -1.33. The number of nitrogens with zero attached hydrogens (tertiary/aromatic N) is 1. The Balaban J connectivity index is 2.51. The number of aliphatic hydroxyl groups is 1. The van der Waals surface area contributed by atoms with Crippen LogP contribution in [0.25, 0.3) is 0 Å². The minimum atomic E-state index is -4.26. The van der Waals surface area contributed by atoms with E-state index in [1.165, 1.54) is 6.26 Å². The van der Waals surface area contributed by atoms with Crippen molar-refractivity contribution in [2.75, 3.05) is 19.7 Å². The van der Waals surface area contributed by atoms with Crippen molar-refractivity contribution in [2.24, 2.45) is 0 Å². The first-order valence-electron chi connectivity index (χ1n) is 4.43. The predicted octanol–water partition coefficient (Wildman–Crippen LogP) is 1.64. The number of aliphatic hydroxyl groups excluding tert-OH is 1. The van der Waals surface area contributed by atoms with Crippen LogP contribution in [0.1, 0.15) is 5.76 Å². The first-order valence-corrected chi connectivity index (χ1v) is 4.43. The molecule has 0 radical (unpaired) electrons. The van der Waals surface area contributed by atoms with Gasteiger partial charge in [0.2, 0.25) is 0 Å². The van der Waals surface area contributed by atoms with E-state index in [1.807, 2.05) is 0 Å². The number of rotatable bonds is 5. The number of hydrogen-bond acceptors (Lipinski definition) is 3. The molecule has 1 heterocycles. The lowest BCUT2D eigenvalue weighted by Gasteiger charge is -2.21. The molecular formula is C9H12F3NO2. The zero-order valence-corrected chi connectivity index (χ0v) is 8.00. The van der Waals surface area contributed by atoms with Crippen LogP contribution in [-0.4, -0.2) is 35.9 Å². The minimum absolute atomic E-state index is 0.0276. The topological polar surface area (TPSA) is 36.6 Å². The predicted molar refractivity (Wildman–Crippen MR) is 47.1 cm³/mol. The average molecular weight is 223 g/mol. The molecule has 1 rings (SSSR count). The maximum absolute atomic E-state index is 12.1. The molecule has 0 saturated heterocycles. The van der Waals surface area contributed by atoms with Crippen molar-refractivity contribution in [1.82, 2.24) is 4.90 Å². The van der Waals surface area contributed by atoms with Gasteiger partial charge in [-0.05, 0) is 12.1 Å². The first kappa shape index (κ1) is 12.1. The highest BCUT2D eigenvalue weighted by Gasteiger charge is 2.30. The highest BCUT2D eigenvalue weighted by atomic mass is 19.4. The van der Waals surface area contributed by atoms with E-state index in [2.05, 4.69) is 0 Å². The van der Waals surface area contributed by atoms with Crippen LogP contribution in [-0.2, 0) is 6.54 Å². The molecule has 0 unspecified atom stereocenters. The Bertz CT molecular complexity index is 271. The van der Waals surface area contributed by atoms with Gasteiger partial charge < -0.3 is 9.52 Å². The maximum atomic E-state index is 12.1. The lowest BCUT2D eigenvalue weighted by Crippen LogP contribution is -2.35. The van der Waals surface area contributed by atoms with Crippen molar-refractivity contribution in [1.29, 1.82) is 0 Å². The second-order valence-corrected chi connectivity index (χ2v) is 3.13. The number of halogens is 3. The molecule has 1 aromatic rings. The summed E-state index contributed by atoms with van der Waals surface area (Å²) in [5, 5.41) is 8.62. The summed E-state index contributed by atoms with van der Waals surface area (Å²) in [5.74, 6) is 0.452. The standard InChI is InChI=1S/C9H12F3NO2/c10-9(11,12)7-13(3-4-14)6-8-2-1-5-15-8/h1-2,5,14H,3-4,6-7H2. The van der Waals surface area contributed by atoms with Crippen molar-refractivity contribution in [3.05, 3.63) is 24.2 Å². The summed E-state index contributed by atoms with van der Waals surface area (Å²) in [4.78, 5) is 1.08. The van der Waals surface area contributed by atoms with E-state index in [9.17, 15) is 13.2 Å². The third-order valence-corrected chi connectivity index (χ3v) is 1.78. The molecule has 0 saturated carbocycles. The van der Waals surface area contributed by atoms with Crippen LogP contribution in [0.2, 0.25) is 0 Å². The lowest BCUT2D eigenvalue weighted by atomic mass is 10.4. The van der Waals surface area contributed by atoms with Crippen molar-refractivity contribution < 1.29 is 22.7 Å². The van der Waals surface area contributed by atoms with Gasteiger partial charge in [0, 0.05) is 6.54 Å². The molecule has 0 bridgehead atoms. The summed E-state index contributed by atoms with van der Waals surface area (Å²) in [6.07, 6.45) is -2.86. The Hall–Kier alpha value is -1.01. The molecule has 15 heavy (non-hydrogen) atoms. The molecule has 0 spiro atoms. The maximum Gasteiger partial charge on any atom is 0.401 e. The van der Waals surface area contributed by atoms with Crippen LogP contribution in [0.4, 0.5) is 13.2 Å². The van der Waals surface area contributed by atoms with E-state index in [4.69, 9.17) is 9.52 Å². The van der Waals surface area contributed by atoms with E-state index in [0.29, 0.717) is 5.76 Å². The van der Waals surface area contributed by atoms with E-state index >= 15 is 0 Å². The third-order valence-electron chi connectivity index (χ3n) is 1.78. The molecule has 0 aromatic carbocycles. The average Bonchev–Trinajstić information content (AvgIpc) is 2.54. The fourth-order valence-electron chi connectivity index (χ4n) is 1.23. The van der Waals surface area contributed by atoms with Gasteiger partial charge in [0.05, 0.1) is 26.0 Å². The fraction of sp³-hybridized carbons (Fsp3) is 0.556. The van der Waals surface area contributed by atoms with E-state index in [1.54, 1.807) is 12.1 Å². The van der Waals surface area contributed by atoms with Crippen molar-refractivity contribution in [3.8, 4) is 0 Å². The Labute approximate surface area is 85.1 Å². The highest BCUT2D eigenvalue weighted by molar-refractivity contribution is 4.97. The molecule has 0 fully saturated rings. The van der Waals surface area contributed by atoms with Crippen LogP contribution in [0.5, 0.6) is 0 Å². The fourth-order valence-corrected chi connectivity index (χ4v) is 1.23. The first-order chi connectivity index (χ1) is 7.01. The zero-order valence-electron chi connectivity index (χ0n) is 8.00.